The monoisotopic (exact) mass is 330 g/mol. The predicted molar refractivity (Wildman–Crippen MR) is 90.1 cm³/mol. The van der Waals surface area contributed by atoms with Crippen molar-refractivity contribution < 1.29 is 8.42 Å². The van der Waals surface area contributed by atoms with Gasteiger partial charge < -0.3 is 15.5 Å². The molecule has 0 spiro atoms. The lowest BCUT2D eigenvalue weighted by Gasteiger charge is -2.15. The van der Waals surface area contributed by atoms with E-state index in [-0.39, 0.29) is 4.90 Å². The number of hydrogen-bond donors (Lipinski definition) is 2. The third-order valence-corrected chi connectivity index (χ3v) is 4.77. The number of nitrogens with one attached hydrogen (secondary N) is 2. The van der Waals surface area contributed by atoms with Crippen molar-refractivity contribution in [3.8, 4) is 0 Å². The number of nitrogens with zero attached hydrogens (tertiary/aromatic N) is 2. The summed E-state index contributed by atoms with van der Waals surface area (Å²) < 4.78 is 25.3. The van der Waals surface area contributed by atoms with E-state index in [1.165, 1.54) is 18.4 Å². The molecule has 0 aliphatic carbocycles. The molecule has 0 radical (unpaired) electrons. The third kappa shape index (κ3) is 5.58. The largest absolute Gasteiger partial charge is 0.361 e. The minimum Gasteiger partial charge on any atom is -0.361 e. The first-order chi connectivity index (χ1) is 9.73. The van der Waals surface area contributed by atoms with Gasteiger partial charge in [0.15, 0.2) is 5.11 Å². The second-order valence-electron chi connectivity index (χ2n) is 5.00. The lowest BCUT2D eigenvalue weighted by molar-refractivity contribution is 0.413. The van der Waals surface area contributed by atoms with Crippen LogP contribution in [-0.2, 0) is 10.0 Å². The molecule has 118 valence electrons. The van der Waals surface area contributed by atoms with E-state index in [0.29, 0.717) is 17.3 Å². The zero-order valence-electron chi connectivity index (χ0n) is 12.8. The van der Waals surface area contributed by atoms with E-state index < -0.39 is 10.0 Å². The molecule has 2 N–H and O–H groups in total. The van der Waals surface area contributed by atoms with Crippen LogP contribution in [-0.4, -0.2) is 64.0 Å². The average molecular weight is 330 g/mol. The van der Waals surface area contributed by atoms with Crippen LogP contribution in [0.25, 0.3) is 0 Å². The quantitative estimate of drug-likeness (QED) is 0.752. The van der Waals surface area contributed by atoms with Crippen molar-refractivity contribution in [2.24, 2.45) is 0 Å². The maximum absolute atomic E-state index is 12.1. The normalized spacial score (nSPS) is 11.7. The van der Waals surface area contributed by atoms with E-state index in [0.717, 1.165) is 6.54 Å². The summed E-state index contributed by atoms with van der Waals surface area (Å²) in [7, 11) is 3.53. The summed E-state index contributed by atoms with van der Waals surface area (Å²) in [4.78, 5) is 2.27. The van der Waals surface area contributed by atoms with Crippen LogP contribution >= 0.6 is 12.2 Å². The number of likely N-dealkylation sites (N-methyl/N-ethyl adjacent to an activating group) is 1. The van der Waals surface area contributed by atoms with Crippen LogP contribution in [0.15, 0.2) is 29.2 Å². The van der Waals surface area contributed by atoms with Gasteiger partial charge in [-0.3, -0.25) is 0 Å². The molecule has 6 nitrogen and oxygen atoms in total. The molecule has 0 fully saturated rings. The molecule has 21 heavy (non-hydrogen) atoms. The van der Waals surface area contributed by atoms with Crippen molar-refractivity contribution in [3.63, 3.8) is 0 Å². The van der Waals surface area contributed by atoms with Gasteiger partial charge in [0, 0.05) is 32.9 Å². The third-order valence-electron chi connectivity index (χ3n) is 2.72. The Morgan fingerprint density at radius 3 is 2.48 bits per heavy atom. The Labute approximate surface area is 132 Å². The fourth-order valence-corrected chi connectivity index (χ4v) is 2.68. The number of anilines is 1. The number of rotatable bonds is 6. The van der Waals surface area contributed by atoms with E-state index in [1.807, 2.05) is 19.0 Å². The van der Waals surface area contributed by atoms with Gasteiger partial charge in [0.05, 0.1) is 4.90 Å². The summed E-state index contributed by atoms with van der Waals surface area (Å²) >= 11 is 5.18. The molecular weight excluding hydrogens is 308 g/mol. The Hall–Kier alpha value is -1.22. The van der Waals surface area contributed by atoms with Gasteiger partial charge in [-0.1, -0.05) is 6.07 Å². The molecule has 0 atom stereocenters. The molecule has 0 aromatic heterocycles. The van der Waals surface area contributed by atoms with Gasteiger partial charge in [0.2, 0.25) is 10.0 Å². The molecule has 1 aromatic rings. The first kappa shape index (κ1) is 17.8. The van der Waals surface area contributed by atoms with Crippen molar-refractivity contribution in [1.29, 1.82) is 0 Å². The van der Waals surface area contributed by atoms with Crippen molar-refractivity contribution in [3.05, 3.63) is 24.3 Å². The average Bonchev–Trinajstić information content (AvgIpc) is 2.38. The van der Waals surface area contributed by atoms with Gasteiger partial charge in [-0.15, -0.1) is 0 Å². The van der Waals surface area contributed by atoms with Crippen molar-refractivity contribution in [1.82, 2.24) is 14.5 Å². The van der Waals surface area contributed by atoms with E-state index in [1.54, 1.807) is 24.3 Å². The first-order valence-electron chi connectivity index (χ1n) is 6.45. The van der Waals surface area contributed by atoms with Crippen LogP contribution in [0.5, 0.6) is 0 Å². The predicted octanol–water partition coefficient (Wildman–Crippen LogP) is 0.785. The van der Waals surface area contributed by atoms with Crippen molar-refractivity contribution >= 4 is 33.0 Å². The van der Waals surface area contributed by atoms with E-state index in [9.17, 15) is 8.42 Å². The highest BCUT2D eigenvalue weighted by Crippen LogP contribution is 2.17. The SMILES string of the molecule is CN(C)CCNC(=S)Nc1cccc(S(=O)(=O)N(C)C)c1. The van der Waals surface area contributed by atoms with Crippen molar-refractivity contribution in [2.75, 3.05) is 46.6 Å². The fourth-order valence-electron chi connectivity index (χ4n) is 1.51. The molecule has 0 amide bonds. The Bertz CT molecular complexity index is 586. The van der Waals surface area contributed by atoms with Crippen LogP contribution < -0.4 is 10.6 Å². The fraction of sp³-hybridized carbons (Fsp3) is 0.462. The zero-order chi connectivity index (χ0) is 16.0. The lowest BCUT2D eigenvalue weighted by Crippen LogP contribution is -2.34. The van der Waals surface area contributed by atoms with Crippen LogP contribution in [0.4, 0.5) is 5.69 Å². The van der Waals surface area contributed by atoms with E-state index in [4.69, 9.17) is 12.2 Å². The van der Waals surface area contributed by atoms with Gasteiger partial charge in [-0.2, -0.15) is 0 Å². The zero-order valence-corrected chi connectivity index (χ0v) is 14.4. The summed E-state index contributed by atoms with van der Waals surface area (Å²) in [5, 5.41) is 6.52. The van der Waals surface area contributed by atoms with E-state index >= 15 is 0 Å². The van der Waals surface area contributed by atoms with Crippen LogP contribution in [0.3, 0.4) is 0 Å². The molecule has 0 saturated carbocycles. The standard InChI is InChI=1S/C13H22N4O2S2/c1-16(2)9-8-14-13(20)15-11-6-5-7-12(10-11)21(18,19)17(3)4/h5-7,10H,8-9H2,1-4H3,(H2,14,15,20). The van der Waals surface area contributed by atoms with Crippen LogP contribution in [0.1, 0.15) is 0 Å². The highest BCUT2D eigenvalue weighted by Gasteiger charge is 2.17. The Morgan fingerprint density at radius 1 is 1.24 bits per heavy atom. The molecule has 0 unspecified atom stereocenters. The minimum atomic E-state index is -3.44. The summed E-state index contributed by atoms with van der Waals surface area (Å²) in [5.74, 6) is 0. The highest BCUT2D eigenvalue weighted by atomic mass is 32.2. The van der Waals surface area contributed by atoms with Crippen molar-refractivity contribution in [2.45, 2.75) is 4.90 Å². The topological polar surface area (TPSA) is 64.7 Å². The molecule has 8 heteroatoms. The molecule has 0 heterocycles. The Balaban J connectivity index is 2.71. The smallest absolute Gasteiger partial charge is 0.242 e. The molecule has 0 bridgehead atoms. The Kier molecular flexibility index (Phi) is 6.53. The number of sulfonamides is 1. The van der Waals surface area contributed by atoms with Gasteiger partial charge in [0.1, 0.15) is 0 Å². The van der Waals surface area contributed by atoms with Crippen LogP contribution in [0, 0.1) is 0 Å². The molecule has 0 aliphatic rings. The van der Waals surface area contributed by atoms with Gasteiger partial charge in [-0.05, 0) is 44.5 Å². The maximum Gasteiger partial charge on any atom is 0.242 e. The first-order valence-corrected chi connectivity index (χ1v) is 8.30. The molecule has 0 saturated heterocycles. The second-order valence-corrected chi connectivity index (χ2v) is 7.56. The number of thiocarbonyl (C=S) groups is 1. The van der Waals surface area contributed by atoms with Gasteiger partial charge in [0.25, 0.3) is 0 Å². The Morgan fingerprint density at radius 2 is 1.90 bits per heavy atom. The summed E-state index contributed by atoms with van der Waals surface area (Å²) in [5.41, 5.74) is 0.639. The maximum atomic E-state index is 12.1. The summed E-state index contributed by atoms with van der Waals surface area (Å²) in [6.07, 6.45) is 0. The number of benzene rings is 1. The summed E-state index contributed by atoms with van der Waals surface area (Å²) in [6, 6.07) is 6.58. The molecule has 1 aromatic carbocycles. The molecular formula is C13H22N4O2S2. The van der Waals surface area contributed by atoms with Gasteiger partial charge >= 0.3 is 0 Å². The van der Waals surface area contributed by atoms with Crippen LogP contribution in [0.2, 0.25) is 0 Å². The van der Waals surface area contributed by atoms with E-state index in [2.05, 4.69) is 10.6 Å². The highest BCUT2D eigenvalue weighted by molar-refractivity contribution is 7.89. The van der Waals surface area contributed by atoms with Gasteiger partial charge in [-0.25, -0.2) is 12.7 Å². The number of hydrogen-bond acceptors (Lipinski definition) is 4. The molecule has 0 aliphatic heterocycles. The molecule has 1 rings (SSSR count). The summed E-state index contributed by atoms with van der Waals surface area (Å²) in [6.45, 7) is 1.57. The second kappa shape index (κ2) is 7.69. The minimum absolute atomic E-state index is 0.230. The lowest BCUT2D eigenvalue weighted by atomic mass is 10.3.